The summed E-state index contributed by atoms with van der Waals surface area (Å²) in [6.07, 6.45) is 0. The van der Waals surface area contributed by atoms with Crippen molar-refractivity contribution in [2.45, 2.75) is 13.5 Å². The predicted octanol–water partition coefficient (Wildman–Crippen LogP) is 2.35. The Hall–Kier alpha value is -1.77. The lowest BCUT2D eigenvalue weighted by Gasteiger charge is -2.18. The number of carbonyl (C=O) groups is 1. The van der Waals surface area contributed by atoms with Crippen molar-refractivity contribution in [1.82, 2.24) is 5.32 Å². The van der Waals surface area contributed by atoms with Gasteiger partial charge in [0.05, 0.1) is 0 Å². The normalized spacial score (nSPS) is 13.9. The summed E-state index contributed by atoms with van der Waals surface area (Å²) in [5.74, 6) is 0. The van der Waals surface area contributed by atoms with Crippen molar-refractivity contribution in [3.05, 3.63) is 35.9 Å². The monoisotopic (exact) mass is 188 g/mol. The topological polar surface area (TPSA) is 41.1 Å². The summed E-state index contributed by atoms with van der Waals surface area (Å²) in [5.41, 5.74) is 4.13. The molecule has 1 aromatic rings. The molecule has 0 atom stereocenters. The lowest BCUT2D eigenvalue weighted by molar-refractivity contribution is 0.251. The summed E-state index contributed by atoms with van der Waals surface area (Å²) in [7, 11) is 0. The van der Waals surface area contributed by atoms with Gasteiger partial charge in [-0.25, -0.2) is 4.79 Å². The molecule has 2 rings (SSSR count). The van der Waals surface area contributed by atoms with Gasteiger partial charge >= 0.3 is 6.03 Å². The molecule has 0 radical (unpaired) electrons. The van der Waals surface area contributed by atoms with E-state index < -0.39 is 0 Å². The van der Waals surface area contributed by atoms with Crippen LogP contribution in [0, 0.1) is 0 Å². The molecule has 3 heteroatoms. The average Bonchev–Trinajstić information content (AvgIpc) is 2.16. The maximum atomic E-state index is 11.0. The van der Waals surface area contributed by atoms with E-state index in [0.717, 1.165) is 22.4 Å². The lowest BCUT2D eigenvalue weighted by atomic mass is 10.0. The summed E-state index contributed by atoms with van der Waals surface area (Å²) in [6.45, 7) is 6.44. The van der Waals surface area contributed by atoms with Crippen LogP contribution in [0.2, 0.25) is 0 Å². The number of fused-ring (bicyclic) bond motifs is 1. The van der Waals surface area contributed by atoms with E-state index in [4.69, 9.17) is 0 Å². The Balaban J connectivity index is 2.41. The Labute approximate surface area is 82.8 Å². The van der Waals surface area contributed by atoms with Gasteiger partial charge in [-0.05, 0) is 30.2 Å². The van der Waals surface area contributed by atoms with Crippen molar-refractivity contribution in [3.8, 4) is 0 Å². The quantitative estimate of drug-likeness (QED) is 0.697. The van der Waals surface area contributed by atoms with E-state index in [-0.39, 0.29) is 6.03 Å². The lowest BCUT2D eigenvalue weighted by Crippen LogP contribution is -2.33. The number of benzene rings is 1. The van der Waals surface area contributed by atoms with Crippen molar-refractivity contribution in [2.75, 3.05) is 5.32 Å². The van der Waals surface area contributed by atoms with Crippen LogP contribution < -0.4 is 10.6 Å². The van der Waals surface area contributed by atoms with Crippen LogP contribution in [0.1, 0.15) is 18.1 Å². The van der Waals surface area contributed by atoms with Crippen LogP contribution in [0.5, 0.6) is 0 Å². The van der Waals surface area contributed by atoms with E-state index in [2.05, 4.69) is 17.2 Å². The molecule has 1 heterocycles. The first-order valence-corrected chi connectivity index (χ1v) is 4.50. The van der Waals surface area contributed by atoms with Crippen LogP contribution in [0.15, 0.2) is 24.8 Å². The molecule has 1 aliphatic heterocycles. The molecule has 0 aromatic heterocycles. The number of hydrogen-bond acceptors (Lipinski definition) is 1. The zero-order valence-electron chi connectivity index (χ0n) is 8.05. The first-order valence-electron chi connectivity index (χ1n) is 4.50. The highest BCUT2D eigenvalue weighted by atomic mass is 16.2. The van der Waals surface area contributed by atoms with Gasteiger partial charge in [0, 0.05) is 12.2 Å². The molecule has 2 N–H and O–H groups in total. The maximum absolute atomic E-state index is 11.0. The molecule has 0 saturated carbocycles. The SMILES string of the molecule is C=C(C)c1ccc2c(c1)CNC(=O)N2. The average molecular weight is 188 g/mol. The van der Waals surface area contributed by atoms with Gasteiger partial charge < -0.3 is 10.6 Å². The van der Waals surface area contributed by atoms with Gasteiger partial charge in [-0.15, -0.1) is 0 Å². The first kappa shape index (κ1) is 8.81. The third kappa shape index (κ3) is 1.48. The van der Waals surface area contributed by atoms with Crippen LogP contribution in [0.4, 0.5) is 10.5 Å². The van der Waals surface area contributed by atoms with Gasteiger partial charge in [0.15, 0.2) is 0 Å². The summed E-state index contributed by atoms with van der Waals surface area (Å²) >= 11 is 0. The van der Waals surface area contributed by atoms with E-state index in [1.54, 1.807) is 0 Å². The minimum Gasteiger partial charge on any atom is -0.334 e. The van der Waals surface area contributed by atoms with Gasteiger partial charge in [-0.2, -0.15) is 0 Å². The highest BCUT2D eigenvalue weighted by molar-refractivity contribution is 5.92. The van der Waals surface area contributed by atoms with E-state index in [0.29, 0.717) is 6.54 Å². The molecule has 1 aromatic carbocycles. The van der Waals surface area contributed by atoms with Crippen LogP contribution in [-0.4, -0.2) is 6.03 Å². The molecule has 1 aliphatic rings. The van der Waals surface area contributed by atoms with E-state index in [1.165, 1.54) is 0 Å². The Morgan fingerprint density at radius 3 is 3.00 bits per heavy atom. The molecule has 14 heavy (non-hydrogen) atoms. The van der Waals surface area contributed by atoms with E-state index in [9.17, 15) is 4.79 Å². The second kappa shape index (κ2) is 3.18. The molecular weight excluding hydrogens is 176 g/mol. The Morgan fingerprint density at radius 1 is 1.50 bits per heavy atom. The van der Waals surface area contributed by atoms with Crippen LogP contribution >= 0.6 is 0 Å². The fourth-order valence-electron chi connectivity index (χ4n) is 1.47. The second-order valence-electron chi connectivity index (χ2n) is 3.46. The van der Waals surface area contributed by atoms with Crippen molar-refractivity contribution < 1.29 is 4.79 Å². The molecule has 0 fully saturated rings. The Bertz CT molecular complexity index is 410. The molecule has 0 spiro atoms. The fraction of sp³-hybridized carbons (Fsp3) is 0.182. The number of nitrogens with one attached hydrogen (secondary N) is 2. The van der Waals surface area contributed by atoms with E-state index in [1.807, 2.05) is 25.1 Å². The smallest absolute Gasteiger partial charge is 0.319 e. The highest BCUT2D eigenvalue weighted by Gasteiger charge is 2.13. The molecule has 0 bridgehead atoms. The predicted molar refractivity (Wildman–Crippen MR) is 57.0 cm³/mol. The number of carbonyl (C=O) groups excluding carboxylic acids is 1. The number of urea groups is 1. The zero-order chi connectivity index (χ0) is 10.1. The maximum Gasteiger partial charge on any atom is 0.319 e. The minimum atomic E-state index is -0.138. The number of hydrogen-bond donors (Lipinski definition) is 2. The second-order valence-corrected chi connectivity index (χ2v) is 3.46. The molecule has 0 saturated heterocycles. The number of amides is 2. The zero-order valence-corrected chi connectivity index (χ0v) is 8.05. The van der Waals surface area contributed by atoms with Crippen LogP contribution in [0.25, 0.3) is 5.57 Å². The molecule has 0 unspecified atom stereocenters. The summed E-state index contributed by atoms with van der Waals surface area (Å²) in [6, 6.07) is 5.79. The molecule has 3 nitrogen and oxygen atoms in total. The molecule has 0 aliphatic carbocycles. The van der Waals surface area contributed by atoms with Crippen molar-refractivity contribution >= 4 is 17.3 Å². The third-order valence-electron chi connectivity index (χ3n) is 2.29. The van der Waals surface area contributed by atoms with Crippen LogP contribution in [-0.2, 0) is 6.54 Å². The Morgan fingerprint density at radius 2 is 2.29 bits per heavy atom. The highest BCUT2D eigenvalue weighted by Crippen LogP contribution is 2.23. The summed E-state index contributed by atoms with van der Waals surface area (Å²) < 4.78 is 0. The minimum absolute atomic E-state index is 0.138. The van der Waals surface area contributed by atoms with E-state index >= 15 is 0 Å². The number of rotatable bonds is 1. The number of allylic oxidation sites excluding steroid dienone is 1. The summed E-state index contributed by atoms with van der Waals surface area (Å²) in [5, 5.41) is 5.47. The standard InChI is InChI=1S/C11H12N2O/c1-7(2)8-3-4-10-9(5-8)6-12-11(14)13-10/h3-5H,1,6H2,2H3,(H2,12,13,14). The third-order valence-corrected chi connectivity index (χ3v) is 2.29. The fourth-order valence-corrected chi connectivity index (χ4v) is 1.47. The van der Waals surface area contributed by atoms with Gasteiger partial charge in [-0.3, -0.25) is 0 Å². The Kier molecular flexibility index (Phi) is 2.00. The number of anilines is 1. The van der Waals surface area contributed by atoms with Crippen molar-refractivity contribution in [2.24, 2.45) is 0 Å². The van der Waals surface area contributed by atoms with Gasteiger partial charge in [0.2, 0.25) is 0 Å². The van der Waals surface area contributed by atoms with Crippen LogP contribution in [0.3, 0.4) is 0 Å². The van der Waals surface area contributed by atoms with Crippen molar-refractivity contribution in [1.29, 1.82) is 0 Å². The van der Waals surface area contributed by atoms with Gasteiger partial charge in [-0.1, -0.05) is 18.2 Å². The van der Waals surface area contributed by atoms with Crippen molar-refractivity contribution in [3.63, 3.8) is 0 Å². The molecule has 2 amide bonds. The largest absolute Gasteiger partial charge is 0.334 e. The van der Waals surface area contributed by atoms with Gasteiger partial charge in [0.1, 0.15) is 0 Å². The molecule has 72 valence electrons. The molecular formula is C11H12N2O. The summed E-state index contributed by atoms with van der Waals surface area (Å²) in [4.78, 5) is 11.0. The first-order chi connectivity index (χ1) is 6.66. The van der Waals surface area contributed by atoms with Gasteiger partial charge in [0.25, 0.3) is 0 Å².